The highest BCUT2D eigenvalue weighted by atomic mass is 32.1. The molecular formula is C16H23N3S. The van der Waals surface area contributed by atoms with E-state index in [0.717, 1.165) is 18.8 Å². The molecule has 0 fully saturated rings. The second-order valence-corrected chi connectivity index (χ2v) is 6.08. The van der Waals surface area contributed by atoms with Gasteiger partial charge in [0.1, 0.15) is 5.82 Å². The molecule has 1 aromatic carbocycles. The van der Waals surface area contributed by atoms with Gasteiger partial charge in [-0.3, -0.25) is 5.10 Å². The summed E-state index contributed by atoms with van der Waals surface area (Å²) in [7, 11) is 0. The zero-order valence-corrected chi connectivity index (χ0v) is 13.5. The van der Waals surface area contributed by atoms with Crippen molar-refractivity contribution in [3.8, 4) is 0 Å². The van der Waals surface area contributed by atoms with Gasteiger partial charge < -0.3 is 4.57 Å². The zero-order valence-electron chi connectivity index (χ0n) is 12.7. The normalized spacial score (nSPS) is 12.8. The van der Waals surface area contributed by atoms with Crippen molar-refractivity contribution in [2.24, 2.45) is 5.92 Å². The number of benzene rings is 1. The fourth-order valence-corrected chi connectivity index (χ4v) is 2.80. The van der Waals surface area contributed by atoms with E-state index in [1.807, 2.05) is 0 Å². The van der Waals surface area contributed by atoms with Crippen LogP contribution in [-0.2, 0) is 13.0 Å². The van der Waals surface area contributed by atoms with Crippen LogP contribution in [0.1, 0.15) is 50.6 Å². The first kappa shape index (κ1) is 15.0. The number of H-pyrrole nitrogens is 1. The van der Waals surface area contributed by atoms with Crippen molar-refractivity contribution in [1.82, 2.24) is 14.8 Å². The van der Waals surface area contributed by atoms with Crippen molar-refractivity contribution in [2.45, 2.75) is 46.6 Å². The third kappa shape index (κ3) is 3.18. The predicted octanol–water partition coefficient (Wildman–Crippen LogP) is 4.31. The lowest BCUT2D eigenvalue weighted by Crippen LogP contribution is -2.07. The molecule has 0 saturated heterocycles. The Labute approximate surface area is 126 Å². The number of nitrogens with zero attached hydrogens (tertiary/aromatic N) is 2. The van der Waals surface area contributed by atoms with Crippen LogP contribution < -0.4 is 0 Å². The molecule has 4 heteroatoms. The number of nitrogens with one attached hydrogen (secondary N) is 1. The summed E-state index contributed by atoms with van der Waals surface area (Å²) in [4.78, 5) is 0. The highest BCUT2D eigenvalue weighted by molar-refractivity contribution is 7.71. The van der Waals surface area contributed by atoms with Gasteiger partial charge >= 0.3 is 0 Å². The Morgan fingerprint density at radius 3 is 2.40 bits per heavy atom. The highest BCUT2D eigenvalue weighted by Crippen LogP contribution is 2.23. The van der Waals surface area contributed by atoms with Gasteiger partial charge in [-0.25, -0.2) is 0 Å². The van der Waals surface area contributed by atoms with Gasteiger partial charge in [-0.1, -0.05) is 45.0 Å². The van der Waals surface area contributed by atoms with Crippen LogP contribution in [-0.4, -0.2) is 14.8 Å². The van der Waals surface area contributed by atoms with Crippen molar-refractivity contribution in [3.63, 3.8) is 0 Å². The van der Waals surface area contributed by atoms with Crippen molar-refractivity contribution < 1.29 is 0 Å². The first-order valence-electron chi connectivity index (χ1n) is 7.26. The average molecular weight is 289 g/mol. The summed E-state index contributed by atoms with van der Waals surface area (Å²) in [6.45, 7) is 9.60. The summed E-state index contributed by atoms with van der Waals surface area (Å²) in [5.41, 5.74) is 2.67. The minimum atomic E-state index is 0.246. The quantitative estimate of drug-likeness (QED) is 0.832. The fourth-order valence-electron chi connectivity index (χ4n) is 2.53. The topological polar surface area (TPSA) is 33.6 Å². The van der Waals surface area contributed by atoms with Gasteiger partial charge in [-0.2, -0.15) is 5.10 Å². The van der Waals surface area contributed by atoms with Gasteiger partial charge in [0, 0.05) is 12.5 Å². The third-order valence-electron chi connectivity index (χ3n) is 3.61. The number of hydrogen-bond donors (Lipinski definition) is 1. The lowest BCUT2D eigenvalue weighted by Gasteiger charge is -2.13. The molecule has 1 aromatic heterocycles. The van der Waals surface area contributed by atoms with Gasteiger partial charge in [0.15, 0.2) is 4.77 Å². The van der Waals surface area contributed by atoms with E-state index in [4.69, 9.17) is 12.2 Å². The maximum Gasteiger partial charge on any atom is 0.195 e. The molecule has 3 nitrogen and oxygen atoms in total. The molecule has 1 unspecified atom stereocenters. The lowest BCUT2D eigenvalue weighted by molar-refractivity contribution is 0.645. The standard InChI is InChI=1S/C16H23N3S/c1-5-19-15(17-18-16(19)20)12(4)14-8-6-13(7-9-14)10-11(2)3/h6-9,11-12H,5,10H2,1-4H3,(H,18,20). The number of rotatable bonds is 5. The van der Waals surface area contributed by atoms with E-state index in [1.54, 1.807) is 0 Å². The van der Waals surface area contributed by atoms with E-state index in [0.29, 0.717) is 10.7 Å². The van der Waals surface area contributed by atoms with Crippen LogP contribution in [0.3, 0.4) is 0 Å². The van der Waals surface area contributed by atoms with Gasteiger partial charge in [0.25, 0.3) is 0 Å². The Balaban J connectivity index is 2.24. The second kappa shape index (κ2) is 6.35. The van der Waals surface area contributed by atoms with Crippen LogP contribution in [0.5, 0.6) is 0 Å². The molecule has 1 N–H and O–H groups in total. The fraction of sp³-hybridized carbons (Fsp3) is 0.500. The summed E-state index contributed by atoms with van der Waals surface area (Å²) in [5.74, 6) is 1.94. The van der Waals surface area contributed by atoms with Gasteiger partial charge in [0.05, 0.1) is 0 Å². The minimum Gasteiger partial charge on any atom is -0.304 e. The molecule has 0 aliphatic heterocycles. The smallest absolute Gasteiger partial charge is 0.195 e. The van der Waals surface area contributed by atoms with Gasteiger partial charge in [-0.05, 0) is 42.6 Å². The van der Waals surface area contributed by atoms with E-state index in [2.05, 4.69) is 66.7 Å². The molecule has 0 bridgehead atoms. The SMILES string of the molecule is CCn1c(C(C)c2ccc(CC(C)C)cc2)n[nH]c1=S. The van der Waals surface area contributed by atoms with Crippen LogP contribution in [0.4, 0.5) is 0 Å². The number of aromatic amines is 1. The molecule has 20 heavy (non-hydrogen) atoms. The average Bonchev–Trinajstić information content (AvgIpc) is 2.79. The second-order valence-electron chi connectivity index (χ2n) is 5.69. The molecule has 0 aliphatic carbocycles. The largest absolute Gasteiger partial charge is 0.304 e. The maximum absolute atomic E-state index is 5.25. The lowest BCUT2D eigenvalue weighted by atomic mass is 9.96. The highest BCUT2D eigenvalue weighted by Gasteiger charge is 2.15. The predicted molar refractivity (Wildman–Crippen MR) is 85.6 cm³/mol. The van der Waals surface area contributed by atoms with Crippen molar-refractivity contribution in [2.75, 3.05) is 0 Å². The molecule has 1 heterocycles. The molecule has 2 aromatic rings. The van der Waals surface area contributed by atoms with E-state index < -0.39 is 0 Å². The van der Waals surface area contributed by atoms with Gasteiger partial charge in [0.2, 0.25) is 0 Å². The summed E-state index contributed by atoms with van der Waals surface area (Å²) in [6, 6.07) is 8.87. The molecular weight excluding hydrogens is 266 g/mol. The molecule has 2 rings (SSSR count). The molecule has 0 amide bonds. The first-order chi connectivity index (χ1) is 9.52. The maximum atomic E-state index is 5.25. The molecule has 108 valence electrons. The van der Waals surface area contributed by atoms with Crippen LogP contribution in [0, 0.1) is 10.7 Å². The monoisotopic (exact) mass is 289 g/mol. The Hall–Kier alpha value is -1.42. The molecule has 0 radical (unpaired) electrons. The summed E-state index contributed by atoms with van der Waals surface area (Å²) >= 11 is 5.25. The van der Waals surface area contributed by atoms with Crippen LogP contribution in [0.25, 0.3) is 0 Å². The molecule has 0 saturated carbocycles. The Kier molecular flexibility index (Phi) is 4.76. The summed E-state index contributed by atoms with van der Waals surface area (Å²) in [6.07, 6.45) is 1.13. The number of aromatic nitrogens is 3. The molecule has 1 atom stereocenters. The Morgan fingerprint density at radius 1 is 1.20 bits per heavy atom. The van der Waals surface area contributed by atoms with E-state index in [-0.39, 0.29) is 5.92 Å². The molecule has 0 aliphatic rings. The summed E-state index contributed by atoms with van der Waals surface area (Å²) in [5, 5.41) is 7.27. The van der Waals surface area contributed by atoms with E-state index >= 15 is 0 Å². The van der Waals surface area contributed by atoms with Gasteiger partial charge in [-0.15, -0.1) is 0 Å². The minimum absolute atomic E-state index is 0.246. The third-order valence-corrected chi connectivity index (χ3v) is 3.93. The van der Waals surface area contributed by atoms with Crippen LogP contribution >= 0.6 is 12.2 Å². The van der Waals surface area contributed by atoms with E-state index in [9.17, 15) is 0 Å². The van der Waals surface area contributed by atoms with Crippen LogP contribution in [0.2, 0.25) is 0 Å². The first-order valence-corrected chi connectivity index (χ1v) is 7.67. The summed E-state index contributed by atoms with van der Waals surface area (Å²) < 4.78 is 2.76. The van der Waals surface area contributed by atoms with Crippen molar-refractivity contribution in [3.05, 3.63) is 46.0 Å². The number of hydrogen-bond acceptors (Lipinski definition) is 2. The Morgan fingerprint density at radius 2 is 1.85 bits per heavy atom. The van der Waals surface area contributed by atoms with E-state index in [1.165, 1.54) is 11.1 Å². The van der Waals surface area contributed by atoms with Crippen molar-refractivity contribution in [1.29, 1.82) is 0 Å². The Bertz CT molecular complexity index is 607. The van der Waals surface area contributed by atoms with Crippen molar-refractivity contribution >= 4 is 12.2 Å². The van der Waals surface area contributed by atoms with Crippen LogP contribution in [0.15, 0.2) is 24.3 Å². The zero-order chi connectivity index (χ0) is 14.7. The molecule has 0 spiro atoms.